The SMILES string of the molecule is Cc1cccc(S(=O)(=O)N2CCC(C(=O)N(C)Cc3ccccc3)CC2)c1. The Morgan fingerprint density at radius 3 is 2.37 bits per heavy atom. The third-order valence-corrected chi connectivity index (χ3v) is 6.96. The maximum atomic E-state index is 12.8. The smallest absolute Gasteiger partial charge is 0.243 e. The summed E-state index contributed by atoms with van der Waals surface area (Å²) in [4.78, 5) is 14.8. The Kier molecular flexibility index (Phi) is 5.97. The summed E-state index contributed by atoms with van der Waals surface area (Å²) >= 11 is 0. The van der Waals surface area contributed by atoms with E-state index in [0.717, 1.165) is 11.1 Å². The first-order valence-electron chi connectivity index (χ1n) is 9.23. The number of sulfonamides is 1. The van der Waals surface area contributed by atoms with E-state index in [2.05, 4.69) is 0 Å². The lowest BCUT2D eigenvalue weighted by atomic mass is 9.96. The van der Waals surface area contributed by atoms with E-state index in [-0.39, 0.29) is 11.8 Å². The molecule has 1 fully saturated rings. The summed E-state index contributed by atoms with van der Waals surface area (Å²) in [5.74, 6) is -0.0332. The minimum atomic E-state index is -3.49. The molecule has 0 atom stereocenters. The van der Waals surface area contributed by atoms with Crippen molar-refractivity contribution in [3.05, 3.63) is 65.7 Å². The molecule has 6 heteroatoms. The molecule has 0 aromatic heterocycles. The summed E-state index contributed by atoms with van der Waals surface area (Å²) in [5, 5.41) is 0. The third kappa shape index (κ3) is 4.57. The van der Waals surface area contributed by atoms with Crippen LogP contribution in [0.5, 0.6) is 0 Å². The van der Waals surface area contributed by atoms with Crippen LogP contribution in [0.25, 0.3) is 0 Å². The van der Waals surface area contributed by atoms with Crippen molar-refractivity contribution in [1.29, 1.82) is 0 Å². The fourth-order valence-corrected chi connectivity index (χ4v) is 5.09. The van der Waals surface area contributed by atoms with Gasteiger partial charge in [0.05, 0.1) is 4.90 Å². The number of amides is 1. The molecule has 5 nitrogen and oxygen atoms in total. The molecule has 0 bridgehead atoms. The van der Waals surface area contributed by atoms with Gasteiger partial charge in [0.25, 0.3) is 0 Å². The van der Waals surface area contributed by atoms with Gasteiger partial charge in [0, 0.05) is 32.6 Å². The Bertz CT molecular complexity index is 889. The highest BCUT2D eigenvalue weighted by atomic mass is 32.2. The van der Waals surface area contributed by atoms with Gasteiger partial charge in [-0.05, 0) is 43.0 Å². The number of hydrogen-bond acceptors (Lipinski definition) is 3. The Balaban J connectivity index is 1.60. The molecular formula is C21H26N2O3S. The van der Waals surface area contributed by atoms with Crippen molar-refractivity contribution in [2.75, 3.05) is 20.1 Å². The average Bonchev–Trinajstić information content (AvgIpc) is 2.68. The minimum Gasteiger partial charge on any atom is -0.341 e. The van der Waals surface area contributed by atoms with Crippen LogP contribution in [-0.4, -0.2) is 43.7 Å². The van der Waals surface area contributed by atoms with E-state index in [0.29, 0.717) is 37.4 Å². The van der Waals surface area contributed by atoms with Crippen molar-refractivity contribution in [3.63, 3.8) is 0 Å². The molecule has 0 unspecified atom stereocenters. The normalized spacial score (nSPS) is 16.2. The summed E-state index contributed by atoms with van der Waals surface area (Å²) in [6, 6.07) is 16.8. The van der Waals surface area contributed by atoms with Crippen molar-refractivity contribution >= 4 is 15.9 Å². The molecule has 27 heavy (non-hydrogen) atoms. The third-order valence-electron chi connectivity index (χ3n) is 5.07. The van der Waals surface area contributed by atoms with Gasteiger partial charge in [-0.15, -0.1) is 0 Å². The molecule has 0 radical (unpaired) electrons. The lowest BCUT2D eigenvalue weighted by Gasteiger charge is -2.32. The highest BCUT2D eigenvalue weighted by molar-refractivity contribution is 7.89. The fourth-order valence-electron chi connectivity index (χ4n) is 3.51. The van der Waals surface area contributed by atoms with Gasteiger partial charge in [0.2, 0.25) is 15.9 Å². The molecule has 2 aromatic rings. The second-order valence-electron chi connectivity index (χ2n) is 7.17. The molecule has 0 aliphatic carbocycles. The number of piperidine rings is 1. The average molecular weight is 387 g/mol. The lowest BCUT2D eigenvalue weighted by Crippen LogP contribution is -2.43. The van der Waals surface area contributed by atoms with Gasteiger partial charge in [-0.2, -0.15) is 4.31 Å². The van der Waals surface area contributed by atoms with Gasteiger partial charge in [0.1, 0.15) is 0 Å². The molecular weight excluding hydrogens is 360 g/mol. The molecule has 0 N–H and O–H groups in total. The molecule has 2 aromatic carbocycles. The largest absolute Gasteiger partial charge is 0.341 e. The number of aryl methyl sites for hydroxylation is 1. The molecule has 144 valence electrons. The Labute approximate surface area is 161 Å². The van der Waals surface area contributed by atoms with Gasteiger partial charge in [0.15, 0.2) is 0 Å². The highest BCUT2D eigenvalue weighted by Gasteiger charge is 2.33. The van der Waals surface area contributed by atoms with E-state index in [1.165, 1.54) is 4.31 Å². The van der Waals surface area contributed by atoms with Crippen LogP contribution in [0, 0.1) is 12.8 Å². The molecule has 1 aliphatic heterocycles. The number of nitrogens with zero attached hydrogens (tertiary/aromatic N) is 2. The predicted molar refractivity (Wildman–Crippen MR) is 106 cm³/mol. The Morgan fingerprint density at radius 1 is 1.07 bits per heavy atom. The van der Waals surface area contributed by atoms with Gasteiger partial charge in [-0.3, -0.25) is 4.79 Å². The number of carbonyl (C=O) groups is 1. The van der Waals surface area contributed by atoms with E-state index < -0.39 is 10.0 Å². The summed E-state index contributed by atoms with van der Waals surface area (Å²) in [5.41, 5.74) is 2.01. The van der Waals surface area contributed by atoms with E-state index in [1.807, 2.05) is 50.4 Å². The Morgan fingerprint density at radius 2 is 1.74 bits per heavy atom. The molecule has 0 spiro atoms. The zero-order valence-electron chi connectivity index (χ0n) is 15.8. The van der Waals surface area contributed by atoms with Crippen molar-refractivity contribution in [2.45, 2.75) is 31.2 Å². The lowest BCUT2D eigenvalue weighted by molar-refractivity contribution is -0.135. The first-order chi connectivity index (χ1) is 12.9. The summed E-state index contributed by atoms with van der Waals surface area (Å²) in [6.45, 7) is 3.21. The maximum Gasteiger partial charge on any atom is 0.243 e. The molecule has 0 saturated carbocycles. The zero-order valence-corrected chi connectivity index (χ0v) is 16.7. The molecule has 1 amide bonds. The molecule has 1 saturated heterocycles. The summed E-state index contributed by atoms with van der Waals surface area (Å²) in [7, 11) is -1.68. The van der Waals surface area contributed by atoms with Crippen LogP contribution < -0.4 is 0 Å². The number of hydrogen-bond donors (Lipinski definition) is 0. The summed E-state index contributed by atoms with van der Waals surface area (Å²) in [6.07, 6.45) is 1.12. The standard InChI is InChI=1S/C21H26N2O3S/c1-17-7-6-10-20(15-17)27(25,26)23-13-11-19(12-14-23)21(24)22(2)16-18-8-4-3-5-9-18/h3-10,15,19H,11-14,16H2,1-2H3. The van der Waals surface area contributed by atoms with Gasteiger partial charge >= 0.3 is 0 Å². The van der Waals surface area contributed by atoms with E-state index in [9.17, 15) is 13.2 Å². The van der Waals surface area contributed by atoms with Crippen LogP contribution in [0.2, 0.25) is 0 Å². The van der Waals surface area contributed by atoms with Gasteiger partial charge in [-0.1, -0.05) is 42.5 Å². The van der Waals surface area contributed by atoms with E-state index in [4.69, 9.17) is 0 Å². The predicted octanol–water partition coefficient (Wildman–Crippen LogP) is 3.05. The molecule has 1 aliphatic rings. The zero-order chi connectivity index (χ0) is 19.4. The van der Waals surface area contributed by atoms with E-state index >= 15 is 0 Å². The quantitative estimate of drug-likeness (QED) is 0.794. The minimum absolute atomic E-state index is 0.0893. The number of benzene rings is 2. The van der Waals surface area contributed by atoms with Crippen LogP contribution >= 0.6 is 0 Å². The fraction of sp³-hybridized carbons (Fsp3) is 0.381. The van der Waals surface area contributed by atoms with Gasteiger partial charge in [-0.25, -0.2) is 8.42 Å². The first-order valence-corrected chi connectivity index (χ1v) is 10.7. The van der Waals surface area contributed by atoms with Crippen molar-refractivity contribution in [3.8, 4) is 0 Å². The molecule has 1 heterocycles. The molecule has 3 rings (SSSR count). The van der Waals surface area contributed by atoms with E-state index in [1.54, 1.807) is 23.1 Å². The van der Waals surface area contributed by atoms with Crippen LogP contribution in [0.4, 0.5) is 0 Å². The van der Waals surface area contributed by atoms with Crippen LogP contribution in [0.1, 0.15) is 24.0 Å². The van der Waals surface area contributed by atoms with Crippen LogP contribution in [0.15, 0.2) is 59.5 Å². The first kappa shape index (κ1) is 19.6. The van der Waals surface area contributed by atoms with Crippen LogP contribution in [-0.2, 0) is 21.4 Å². The van der Waals surface area contributed by atoms with Gasteiger partial charge < -0.3 is 4.90 Å². The monoisotopic (exact) mass is 386 g/mol. The Hall–Kier alpha value is -2.18. The highest BCUT2D eigenvalue weighted by Crippen LogP contribution is 2.25. The second kappa shape index (κ2) is 8.23. The van der Waals surface area contributed by atoms with Crippen molar-refractivity contribution in [1.82, 2.24) is 9.21 Å². The topological polar surface area (TPSA) is 57.7 Å². The van der Waals surface area contributed by atoms with Crippen molar-refractivity contribution < 1.29 is 13.2 Å². The maximum absolute atomic E-state index is 12.8. The summed E-state index contributed by atoms with van der Waals surface area (Å²) < 4.78 is 27.1. The number of rotatable bonds is 5. The van der Waals surface area contributed by atoms with Crippen LogP contribution in [0.3, 0.4) is 0 Å². The number of carbonyl (C=O) groups excluding carboxylic acids is 1. The van der Waals surface area contributed by atoms with Crippen molar-refractivity contribution in [2.24, 2.45) is 5.92 Å². The second-order valence-corrected chi connectivity index (χ2v) is 9.11.